The molecule has 2 aromatic rings. The first kappa shape index (κ1) is 11.8. The fraction of sp³-hybridized carbons (Fsp3) is 0.188. The molecule has 2 aromatic carbocycles. The first-order valence-corrected chi connectivity index (χ1v) is 6.33. The highest BCUT2D eigenvalue weighted by Crippen LogP contribution is 2.29. The number of benzene rings is 2. The van der Waals surface area contributed by atoms with Crippen LogP contribution in [0.5, 0.6) is 11.5 Å². The molecule has 0 amide bonds. The van der Waals surface area contributed by atoms with E-state index >= 15 is 0 Å². The maximum atomic E-state index is 5.75. The second-order valence-corrected chi connectivity index (χ2v) is 4.61. The number of ether oxygens (including phenoxy) is 1. The molecule has 0 N–H and O–H groups in total. The number of hydrogen-bond acceptors (Lipinski definition) is 3. The van der Waals surface area contributed by atoms with Crippen LogP contribution in [0.2, 0.25) is 0 Å². The lowest BCUT2D eigenvalue weighted by Gasteiger charge is -2.10. The highest BCUT2D eigenvalue weighted by molar-refractivity contribution is 5.83. The van der Waals surface area contributed by atoms with Crippen LogP contribution in [0.3, 0.4) is 0 Å². The third-order valence-corrected chi connectivity index (χ3v) is 3.05. The predicted molar refractivity (Wildman–Crippen MR) is 74.5 cm³/mol. The zero-order chi connectivity index (χ0) is 13.1. The van der Waals surface area contributed by atoms with Crippen LogP contribution in [0.15, 0.2) is 59.8 Å². The van der Waals surface area contributed by atoms with Crippen molar-refractivity contribution in [2.45, 2.75) is 19.4 Å². The van der Waals surface area contributed by atoms with Crippen LogP contribution < -0.4 is 4.74 Å². The van der Waals surface area contributed by atoms with Crippen molar-refractivity contribution in [1.82, 2.24) is 0 Å². The third kappa shape index (κ3) is 2.76. The lowest BCUT2D eigenvalue weighted by Crippen LogP contribution is -1.97. The zero-order valence-electron chi connectivity index (χ0n) is 10.7. The molecular formula is C16H15NO2. The molecule has 0 saturated heterocycles. The molecule has 19 heavy (non-hydrogen) atoms. The number of para-hydroxylation sites is 1. The van der Waals surface area contributed by atoms with Gasteiger partial charge in [0.25, 0.3) is 0 Å². The minimum atomic E-state index is 0.0470. The molecular weight excluding hydrogens is 238 g/mol. The van der Waals surface area contributed by atoms with Crippen LogP contribution in [0, 0.1) is 0 Å². The van der Waals surface area contributed by atoms with Gasteiger partial charge in [0.15, 0.2) is 6.10 Å². The first-order valence-electron chi connectivity index (χ1n) is 6.33. The molecule has 0 aromatic heterocycles. The van der Waals surface area contributed by atoms with Gasteiger partial charge in [0.2, 0.25) is 0 Å². The molecule has 0 unspecified atom stereocenters. The van der Waals surface area contributed by atoms with Crippen LogP contribution in [-0.2, 0) is 4.84 Å². The number of oxime groups is 1. The molecule has 0 aliphatic carbocycles. The van der Waals surface area contributed by atoms with Crippen molar-refractivity contribution in [3.05, 3.63) is 60.2 Å². The van der Waals surface area contributed by atoms with E-state index in [2.05, 4.69) is 5.16 Å². The van der Waals surface area contributed by atoms with Gasteiger partial charge < -0.3 is 9.57 Å². The summed E-state index contributed by atoms with van der Waals surface area (Å²) in [5, 5.41) is 3.97. The van der Waals surface area contributed by atoms with Gasteiger partial charge >= 0.3 is 0 Å². The Hall–Kier alpha value is -2.29. The molecule has 1 atom stereocenters. The van der Waals surface area contributed by atoms with Crippen molar-refractivity contribution < 1.29 is 9.57 Å². The molecule has 3 rings (SSSR count). The molecule has 3 nitrogen and oxygen atoms in total. The van der Waals surface area contributed by atoms with Gasteiger partial charge in [0, 0.05) is 6.42 Å². The van der Waals surface area contributed by atoms with E-state index in [-0.39, 0.29) is 6.10 Å². The minimum Gasteiger partial charge on any atom is -0.457 e. The maximum Gasteiger partial charge on any atom is 0.157 e. The van der Waals surface area contributed by atoms with Gasteiger partial charge in [-0.2, -0.15) is 0 Å². The largest absolute Gasteiger partial charge is 0.457 e. The summed E-state index contributed by atoms with van der Waals surface area (Å²) < 4.78 is 5.75. The molecule has 0 saturated carbocycles. The van der Waals surface area contributed by atoms with Crippen molar-refractivity contribution in [3.8, 4) is 11.5 Å². The molecule has 1 heterocycles. The van der Waals surface area contributed by atoms with E-state index in [0.29, 0.717) is 0 Å². The van der Waals surface area contributed by atoms with E-state index < -0.39 is 0 Å². The summed E-state index contributed by atoms with van der Waals surface area (Å²) in [4.78, 5) is 5.36. The van der Waals surface area contributed by atoms with E-state index in [1.54, 1.807) is 0 Å². The molecule has 0 fully saturated rings. The Balaban J connectivity index is 1.69. The van der Waals surface area contributed by atoms with E-state index in [0.717, 1.165) is 29.2 Å². The van der Waals surface area contributed by atoms with Crippen molar-refractivity contribution in [2.75, 3.05) is 0 Å². The normalized spacial score (nSPS) is 17.7. The quantitative estimate of drug-likeness (QED) is 0.815. The summed E-state index contributed by atoms with van der Waals surface area (Å²) in [7, 11) is 0. The topological polar surface area (TPSA) is 30.8 Å². The highest BCUT2D eigenvalue weighted by Gasteiger charge is 2.19. The van der Waals surface area contributed by atoms with Gasteiger partial charge in [-0.05, 0) is 36.8 Å². The summed E-state index contributed by atoms with van der Waals surface area (Å²) >= 11 is 0. The Morgan fingerprint density at radius 3 is 2.32 bits per heavy atom. The Labute approximate surface area is 112 Å². The Bertz CT molecular complexity index is 575. The fourth-order valence-electron chi connectivity index (χ4n) is 2.05. The Morgan fingerprint density at radius 2 is 1.68 bits per heavy atom. The Kier molecular flexibility index (Phi) is 3.19. The predicted octanol–water partition coefficient (Wildman–Crippen LogP) is 4.32. The standard InChI is InChI=1S/C16H15NO2/c1-12-11-16(19-17-12)13-7-9-15(10-8-13)18-14-5-3-2-4-6-14/h2-10,16H,11H2,1H3/t16-/m0/s1. The van der Waals surface area contributed by atoms with Crippen LogP contribution >= 0.6 is 0 Å². The third-order valence-electron chi connectivity index (χ3n) is 3.05. The molecule has 1 aliphatic heterocycles. The van der Waals surface area contributed by atoms with Crippen LogP contribution in [0.25, 0.3) is 0 Å². The minimum absolute atomic E-state index is 0.0470. The summed E-state index contributed by atoms with van der Waals surface area (Å²) in [5.74, 6) is 1.66. The van der Waals surface area contributed by atoms with Crippen molar-refractivity contribution >= 4 is 5.71 Å². The molecule has 0 spiro atoms. The maximum absolute atomic E-state index is 5.75. The lowest BCUT2D eigenvalue weighted by molar-refractivity contribution is 0.0857. The molecule has 3 heteroatoms. The highest BCUT2D eigenvalue weighted by atomic mass is 16.6. The van der Waals surface area contributed by atoms with Crippen molar-refractivity contribution in [3.63, 3.8) is 0 Å². The second kappa shape index (κ2) is 5.14. The Morgan fingerprint density at radius 1 is 1.00 bits per heavy atom. The van der Waals surface area contributed by atoms with Gasteiger partial charge in [-0.15, -0.1) is 0 Å². The molecule has 96 valence electrons. The van der Waals surface area contributed by atoms with Gasteiger partial charge in [0.05, 0.1) is 5.71 Å². The summed E-state index contributed by atoms with van der Waals surface area (Å²) in [6.07, 6.45) is 0.907. The van der Waals surface area contributed by atoms with Crippen LogP contribution in [0.4, 0.5) is 0 Å². The number of rotatable bonds is 3. The van der Waals surface area contributed by atoms with Crippen LogP contribution in [0.1, 0.15) is 25.0 Å². The van der Waals surface area contributed by atoms with Crippen molar-refractivity contribution in [2.24, 2.45) is 5.16 Å². The van der Waals surface area contributed by atoms with Crippen LogP contribution in [-0.4, -0.2) is 5.71 Å². The average molecular weight is 253 g/mol. The molecule has 1 aliphatic rings. The van der Waals surface area contributed by atoms with E-state index in [1.165, 1.54) is 0 Å². The van der Waals surface area contributed by atoms with Gasteiger partial charge in [-0.25, -0.2) is 0 Å². The summed E-state index contributed by atoms with van der Waals surface area (Å²) in [6, 6.07) is 17.7. The van der Waals surface area contributed by atoms with Gasteiger partial charge in [0.1, 0.15) is 11.5 Å². The first-order chi connectivity index (χ1) is 9.31. The van der Waals surface area contributed by atoms with E-state index in [1.807, 2.05) is 61.5 Å². The monoisotopic (exact) mass is 253 g/mol. The van der Waals surface area contributed by atoms with E-state index in [9.17, 15) is 0 Å². The van der Waals surface area contributed by atoms with Gasteiger partial charge in [-0.3, -0.25) is 0 Å². The second-order valence-electron chi connectivity index (χ2n) is 4.61. The summed E-state index contributed by atoms with van der Waals surface area (Å²) in [5.41, 5.74) is 2.16. The van der Waals surface area contributed by atoms with Crippen molar-refractivity contribution in [1.29, 1.82) is 0 Å². The molecule has 0 bridgehead atoms. The smallest absolute Gasteiger partial charge is 0.157 e. The SMILES string of the molecule is CC1=NO[C@H](c2ccc(Oc3ccccc3)cc2)C1. The summed E-state index contributed by atoms with van der Waals surface area (Å²) in [6.45, 7) is 1.98. The van der Waals surface area contributed by atoms with E-state index in [4.69, 9.17) is 9.57 Å². The number of nitrogens with zero attached hydrogens (tertiary/aromatic N) is 1. The fourth-order valence-corrected chi connectivity index (χ4v) is 2.05. The van der Waals surface area contributed by atoms with Gasteiger partial charge in [-0.1, -0.05) is 35.5 Å². The molecule has 0 radical (unpaired) electrons. The lowest BCUT2D eigenvalue weighted by atomic mass is 10.1. The number of hydrogen-bond donors (Lipinski definition) is 0. The zero-order valence-corrected chi connectivity index (χ0v) is 10.7. The average Bonchev–Trinajstić information content (AvgIpc) is 2.87.